The third kappa shape index (κ3) is 5.34. The Morgan fingerprint density at radius 3 is 2.72 bits per heavy atom. The molecule has 0 fully saturated rings. The quantitative estimate of drug-likeness (QED) is 0.655. The molecule has 0 spiro atoms. The Labute approximate surface area is 170 Å². The van der Waals surface area contributed by atoms with Crippen LogP contribution < -0.4 is 9.64 Å². The summed E-state index contributed by atoms with van der Waals surface area (Å²) in [5, 5.41) is 0. The Kier molecular flexibility index (Phi) is 6.86. The molecule has 1 aliphatic rings. The number of carbonyl (C=O) groups excluding carboxylic acids is 2. The van der Waals surface area contributed by atoms with E-state index in [-0.39, 0.29) is 31.3 Å². The topological polar surface area (TPSA) is 55.8 Å². The zero-order valence-corrected chi connectivity index (χ0v) is 16.9. The van der Waals surface area contributed by atoms with E-state index in [1.807, 2.05) is 18.2 Å². The van der Waals surface area contributed by atoms with E-state index in [1.165, 1.54) is 6.07 Å². The monoisotopic (exact) mass is 399 g/mol. The van der Waals surface area contributed by atoms with E-state index in [2.05, 4.69) is 0 Å². The van der Waals surface area contributed by atoms with Gasteiger partial charge in [-0.3, -0.25) is 9.59 Å². The van der Waals surface area contributed by atoms with E-state index >= 15 is 0 Å². The van der Waals surface area contributed by atoms with Crippen LogP contribution in [-0.4, -0.2) is 25.0 Å². The molecule has 6 heteroatoms. The third-order valence-electron chi connectivity index (χ3n) is 4.98. The average molecular weight is 399 g/mol. The second-order valence-corrected chi connectivity index (χ2v) is 7.08. The maximum atomic E-state index is 14.3. The van der Waals surface area contributed by atoms with E-state index < -0.39 is 5.82 Å². The SMILES string of the molecule is CCOC(=O)CCc1ccc(OCc2ccc3c(c2)N(C(C)=O)CCC3)cc1F. The summed E-state index contributed by atoms with van der Waals surface area (Å²) >= 11 is 0. The number of esters is 1. The molecule has 1 heterocycles. The van der Waals surface area contributed by atoms with E-state index in [9.17, 15) is 14.0 Å². The normalized spacial score (nSPS) is 13.0. The highest BCUT2D eigenvalue weighted by Gasteiger charge is 2.20. The second kappa shape index (κ2) is 9.54. The molecule has 0 aliphatic carbocycles. The lowest BCUT2D eigenvalue weighted by Gasteiger charge is -2.29. The zero-order valence-electron chi connectivity index (χ0n) is 16.9. The van der Waals surface area contributed by atoms with Gasteiger partial charge in [0.25, 0.3) is 0 Å². The van der Waals surface area contributed by atoms with Crippen LogP contribution in [0.2, 0.25) is 0 Å². The van der Waals surface area contributed by atoms with Crippen molar-refractivity contribution in [2.24, 2.45) is 0 Å². The molecule has 0 radical (unpaired) electrons. The van der Waals surface area contributed by atoms with Crippen molar-refractivity contribution in [1.29, 1.82) is 0 Å². The smallest absolute Gasteiger partial charge is 0.306 e. The van der Waals surface area contributed by atoms with Gasteiger partial charge in [0.05, 0.1) is 6.61 Å². The van der Waals surface area contributed by atoms with Crippen LogP contribution in [0.25, 0.3) is 0 Å². The first kappa shape index (κ1) is 20.8. The Balaban J connectivity index is 1.63. The minimum absolute atomic E-state index is 0.0319. The fourth-order valence-corrected chi connectivity index (χ4v) is 3.49. The van der Waals surface area contributed by atoms with Gasteiger partial charge in [-0.05, 0) is 55.0 Å². The van der Waals surface area contributed by atoms with Crippen LogP contribution in [0.4, 0.5) is 10.1 Å². The lowest BCUT2D eigenvalue weighted by atomic mass is 9.99. The number of benzene rings is 2. The molecule has 0 unspecified atom stereocenters. The number of anilines is 1. The predicted octanol–water partition coefficient (Wildman–Crippen LogP) is 4.20. The highest BCUT2D eigenvalue weighted by Crippen LogP contribution is 2.29. The summed E-state index contributed by atoms with van der Waals surface area (Å²) in [6.07, 6.45) is 2.35. The molecule has 0 N–H and O–H groups in total. The fraction of sp³-hybridized carbons (Fsp3) is 0.391. The Morgan fingerprint density at radius 2 is 2.00 bits per heavy atom. The summed E-state index contributed by atoms with van der Waals surface area (Å²) in [6, 6.07) is 10.6. The highest BCUT2D eigenvalue weighted by atomic mass is 19.1. The van der Waals surface area contributed by atoms with Crippen LogP contribution in [0.15, 0.2) is 36.4 Å². The number of hydrogen-bond donors (Lipinski definition) is 0. The molecule has 0 bridgehead atoms. The average Bonchev–Trinajstić information content (AvgIpc) is 2.71. The standard InChI is InChI=1S/C23H26FNO4/c1-3-28-23(27)11-9-18-8-10-20(14-21(18)24)29-15-17-6-7-19-5-4-12-25(16(2)26)22(19)13-17/h6-8,10,13-14H,3-5,9,11-12,15H2,1-2H3. The number of ether oxygens (including phenoxy) is 2. The van der Waals surface area contributed by atoms with Crippen LogP contribution in [0, 0.1) is 5.82 Å². The van der Waals surface area contributed by atoms with Gasteiger partial charge in [-0.1, -0.05) is 18.2 Å². The molecule has 2 aromatic rings. The van der Waals surface area contributed by atoms with E-state index in [1.54, 1.807) is 30.9 Å². The Hall–Kier alpha value is -2.89. The Bertz CT molecular complexity index is 896. The summed E-state index contributed by atoms with van der Waals surface area (Å²) in [6.45, 7) is 4.64. The molecule has 154 valence electrons. The van der Waals surface area contributed by atoms with Crippen LogP contribution in [-0.2, 0) is 33.8 Å². The number of halogens is 1. The molecule has 3 rings (SSSR count). The molecular weight excluding hydrogens is 373 g/mol. The minimum Gasteiger partial charge on any atom is -0.489 e. The Morgan fingerprint density at radius 1 is 1.17 bits per heavy atom. The van der Waals surface area contributed by atoms with E-state index in [0.717, 1.165) is 36.2 Å². The van der Waals surface area contributed by atoms with Gasteiger partial charge in [-0.25, -0.2) is 4.39 Å². The number of rotatable bonds is 7. The summed E-state index contributed by atoms with van der Waals surface area (Å²) in [5.74, 6) is -0.285. The van der Waals surface area contributed by atoms with Crippen LogP contribution >= 0.6 is 0 Å². The maximum Gasteiger partial charge on any atom is 0.306 e. The number of amides is 1. The third-order valence-corrected chi connectivity index (χ3v) is 4.98. The van der Waals surface area contributed by atoms with Crippen molar-refractivity contribution in [1.82, 2.24) is 0 Å². The number of carbonyl (C=O) groups is 2. The summed E-state index contributed by atoms with van der Waals surface area (Å²) < 4.78 is 24.9. The minimum atomic E-state index is -0.403. The van der Waals surface area contributed by atoms with Crippen molar-refractivity contribution in [3.8, 4) is 5.75 Å². The van der Waals surface area contributed by atoms with Crippen LogP contribution in [0.3, 0.4) is 0 Å². The van der Waals surface area contributed by atoms with Gasteiger partial charge in [-0.15, -0.1) is 0 Å². The first-order valence-electron chi connectivity index (χ1n) is 9.94. The molecule has 5 nitrogen and oxygen atoms in total. The second-order valence-electron chi connectivity index (χ2n) is 7.08. The van der Waals surface area contributed by atoms with Gasteiger partial charge in [0, 0.05) is 31.6 Å². The van der Waals surface area contributed by atoms with Crippen LogP contribution in [0.1, 0.15) is 43.4 Å². The lowest BCUT2D eigenvalue weighted by Crippen LogP contribution is -2.33. The zero-order chi connectivity index (χ0) is 20.8. The molecule has 0 aromatic heterocycles. The summed E-state index contributed by atoms with van der Waals surface area (Å²) in [5.41, 5.74) is 3.47. The molecular formula is C23H26FNO4. The number of fused-ring (bicyclic) bond motifs is 1. The van der Waals surface area contributed by atoms with Gasteiger partial charge >= 0.3 is 5.97 Å². The van der Waals surface area contributed by atoms with Crippen molar-refractivity contribution in [2.75, 3.05) is 18.1 Å². The fourth-order valence-electron chi connectivity index (χ4n) is 3.49. The molecule has 29 heavy (non-hydrogen) atoms. The first-order chi connectivity index (χ1) is 14.0. The molecule has 0 atom stereocenters. The highest BCUT2D eigenvalue weighted by molar-refractivity contribution is 5.92. The van der Waals surface area contributed by atoms with Crippen molar-refractivity contribution in [3.63, 3.8) is 0 Å². The van der Waals surface area contributed by atoms with Crippen molar-refractivity contribution < 1.29 is 23.5 Å². The molecule has 0 saturated carbocycles. The summed E-state index contributed by atoms with van der Waals surface area (Å²) in [4.78, 5) is 25.1. The lowest BCUT2D eigenvalue weighted by molar-refractivity contribution is -0.143. The first-order valence-corrected chi connectivity index (χ1v) is 9.94. The number of aryl methyl sites for hydroxylation is 2. The van der Waals surface area contributed by atoms with Gasteiger partial charge in [0.2, 0.25) is 5.91 Å². The largest absolute Gasteiger partial charge is 0.489 e. The van der Waals surface area contributed by atoms with E-state index in [0.29, 0.717) is 17.9 Å². The maximum absolute atomic E-state index is 14.3. The van der Waals surface area contributed by atoms with Gasteiger partial charge in [-0.2, -0.15) is 0 Å². The van der Waals surface area contributed by atoms with Gasteiger partial charge in [0.1, 0.15) is 18.2 Å². The van der Waals surface area contributed by atoms with Gasteiger partial charge < -0.3 is 14.4 Å². The van der Waals surface area contributed by atoms with Crippen molar-refractivity contribution in [3.05, 3.63) is 58.9 Å². The summed E-state index contributed by atoms with van der Waals surface area (Å²) in [7, 11) is 0. The molecule has 1 aliphatic heterocycles. The number of hydrogen-bond acceptors (Lipinski definition) is 4. The molecule has 2 aromatic carbocycles. The number of nitrogens with zero attached hydrogens (tertiary/aromatic N) is 1. The molecule has 0 saturated heterocycles. The van der Waals surface area contributed by atoms with Crippen molar-refractivity contribution >= 4 is 17.6 Å². The van der Waals surface area contributed by atoms with Gasteiger partial charge in [0.15, 0.2) is 0 Å². The van der Waals surface area contributed by atoms with E-state index in [4.69, 9.17) is 9.47 Å². The van der Waals surface area contributed by atoms with Crippen LogP contribution in [0.5, 0.6) is 5.75 Å². The molecule has 1 amide bonds. The van der Waals surface area contributed by atoms with Crippen molar-refractivity contribution in [2.45, 2.75) is 46.1 Å². The predicted molar refractivity (Wildman–Crippen MR) is 108 cm³/mol.